The van der Waals surface area contributed by atoms with Gasteiger partial charge in [0.15, 0.2) is 11.5 Å². The fraction of sp³-hybridized carbons (Fsp3) is 0.344. The van der Waals surface area contributed by atoms with Crippen molar-refractivity contribution in [3.63, 3.8) is 0 Å². The molecule has 4 rings (SSSR count). The number of nitrogens with one attached hydrogen (secondary N) is 2. The van der Waals surface area contributed by atoms with Crippen molar-refractivity contribution in [1.82, 2.24) is 5.43 Å². The van der Waals surface area contributed by atoms with Crippen LogP contribution in [0.15, 0.2) is 47.6 Å². The molecule has 3 aromatic rings. The maximum atomic E-state index is 12.7. The minimum atomic E-state index is -1.01. The predicted octanol–water partition coefficient (Wildman–Crippen LogP) is 5.16. The van der Waals surface area contributed by atoms with Gasteiger partial charge in [-0.15, -0.1) is 11.3 Å². The van der Waals surface area contributed by atoms with Crippen LogP contribution >= 0.6 is 11.3 Å². The van der Waals surface area contributed by atoms with Crippen LogP contribution in [0.4, 0.5) is 5.00 Å². The van der Waals surface area contributed by atoms with Gasteiger partial charge in [-0.25, -0.2) is 15.0 Å². The van der Waals surface area contributed by atoms with Crippen LogP contribution in [0.1, 0.15) is 70.3 Å². The number of nitrogens with zero attached hydrogens (tertiary/aromatic N) is 1. The molecular formula is C32H35N3O8S. The van der Waals surface area contributed by atoms with Gasteiger partial charge in [0.1, 0.15) is 10.8 Å². The van der Waals surface area contributed by atoms with Crippen LogP contribution in [0.25, 0.3) is 0 Å². The number of carbonyl (C=O) groups excluding carboxylic acids is 4. The summed E-state index contributed by atoms with van der Waals surface area (Å²) < 4.78 is 21.6. The van der Waals surface area contributed by atoms with E-state index in [1.54, 1.807) is 43.3 Å². The molecule has 0 fully saturated rings. The van der Waals surface area contributed by atoms with Gasteiger partial charge in [0.05, 0.1) is 37.7 Å². The zero-order chi connectivity index (χ0) is 31.6. The highest BCUT2D eigenvalue weighted by Crippen LogP contribution is 2.40. The van der Waals surface area contributed by atoms with Gasteiger partial charge in [-0.3, -0.25) is 9.59 Å². The summed E-state index contributed by atoms with van der Waals surface area (Å²) in [5, 5.41) is 6.71. The van der Waals surface area contributed by atoms with Crippen molar-refractivity contribution in [1.29, 1.82) is 0 Å². The summed E-state index contributed by atoms with van der Waals surface area (Å²) in [7, 11) is 1.42. The second-order valence-corrected chi connectivity index (χ2v) is 11.2. The van der Waals surface area contributed by atoms with Crippen molar-refractivity contribution in [3.8, 4) is 17.2 Å². The van der Waals surface area contributed by atoms with Crippen molar-refractivity contribution in [2.24, 2.45) is 11.0 Å². The number of ether oxygens (including phenoxy) is 4. The molecule has 12 heteroatoms. The molecule has 1 unspecified atom stereocenters. The molecular weight excluding hydrogens is 586 g/mol. The number of hydrazone groups is 1. The molecule has 0 bridgehead atoms. The third kappa shape index (κ3) is 8.01. The lowest BCUT2D eigenvalue weighted by Gasteiger charge is -2.18. The molecule has 1 aromatic heterocycles. The van der Waals surface area contributed by atoms with Crippen molar-refractivity contribution >= 4 is 46.3 Å². The normalized spacial score (nSPS) is 14.0. The Balaban J connectivity index is 1.37. The zero-order valence-electron chi connectivity index (χ0n) is 25.1. The molecule has 2 aromatic carbocycles. The van der Waals surface area contributed by atoms with Gasteiger partial charge >= 0.3 is 23.8 Å². The summed E-state index contributed by atoms with van der Waals surface area (Å²) >= 11 is 1.29. The number of hydrogen-bond donors (Lipinski definition) is 2. The molecule has 232 valence electrons. The lowest BCUT2D eigenvalue weighted by atomic mass is 9.88. The number of thiophene rings is 1. The summed E-state index contributed by atoms with van der Waals surface area (Å²) in [5.74, 6) is -1.51. The molecule has 2 N–H and O–H groups in total. The molecule has 1 aliphatic carbocycles. The first-order valence-corrected chi connectivity index (χ1v) is 15.1. The van der Waals surface area contributed by atoms with Gasteiger partial charge < -0.3 is 24.3 Å². The van der Waals surface area contributed by atoms with E-state index in [4.69, 9.17) is 18.9 Å². The van der Waals surface area contributed by atoms with Gasteiger partial charge in [0.25, 0.3) is 0 Å². The Hall–Kier alpha value is -4.71. The Labute approximate surface area is 259 Å². The average Bonchev–Trinajstić information content (AvgIpc) is 3.37. The van der Waals surface area contributed by atoms with Crippen LogP contribution in [0.5, 0.6) is 17.2 Å². The van der Waals surface area contributed by atoms with Gasteiger partial charge in [-0.2, -0.15) is 5.10 Å². The van der Waals surface area contributed by atoms with E-state index in [0.717, 1.165) is 29.7 Å². The number of anilines is 1. The van der Waals surface area contributed by atoms with Crippen LogP contribution < -0.4 is 25.0 Å². The van der Waals surface area contributed by atoms with Crippen LogP contribution in [0.2, 0.25) is 0 Å². The van der Waals surface area contributed by atoms with Gasteiger partial charge in [0, 0.05) is 4.88 Å². The maximum Gasteiger partial charge on any atom is 0.343 e. The first-order valence-electron chi connectivity index (χ1n) is 14.3. The molecule has 2 amide bonds. The first-order chi connectivity index (χ1) is 21.2. The number of methoxy groups -OCH3 is 1. The molecule has 11 nitrogen and oxygen atoms in total. The van der Waals surface area contributed by atoms with E-state index in [-0.39, 0.29) is 18.1 Å². The highest BCUT2D eigenvalue weighted by atomic mass is 32.1. The number of esters is 2. The van der Waals surface area contributed by atoms with Crippen molar-refractivity contribution in [2.45, 2.75) is 46.5 Å². The third-order valence-electron chi connectivity index (χ3n) is 6.76. The van der Waals surface area contributed by atoms with Gasteiger partial charge in [0.2, 0.25) is 0 Å². The Morgan fingerprint density at radius 2 is 1.80 bits per heavy atom. The molecule has 1 aliphatic rings. The minimum Gasteiger partial charge on any atom is -0.494 e. The Morgan fingerprint density at radius 1 is 1.02 bits per heavy atom. The lowest BCUT2D eigenvalue weighted by molar-refractivity contribution is -0.136. The molecule has 0 saturated carbocycles. The van der Waals surface area contributed by atoms with Crippen molar-refractivity contribution in [2.75, 3.05) is 25.6 Å². The first kappa shape index (κ1) is 32.2. The number of carbonyl (C=O) groups is 4. The fourth-order valence-electron chi connectivity index (χ4n) is 4.55. The number of benzene rings is 2. The van der Waals surface area contributed by atoms with E-state index in [0.29, 0.717) is 46.4 Å². The van der Waals surface area contributed by atoms with Crippen LogP contribution in [-0.4, -0.2) is 50.3 Å². The quantitative estimate of drug-likeness (QED) is 0.0984. The molecule has 0 aliphatic heterocycles. The standard InChI is InChI=1S/C32H35N3O8S/c1-5-15-42-22-11-9-21(10-12-22)31(38)43-24-14-8-20(17-25(24)40-4)18-33-35-29(37)28(36)34-30-27(32(39)41-6-2)23-13-7-19(3)16-26(23)44-30/h8-12,14,17-19H,5-7,13,15-16H2,1-4H3,(H,34,36)(H,35,37)/b33-18+. The second-order valence-electron chi connectivity index (χ2n) is 10.1. The van der Waals surface area contributed by atoms with Crippen LogP contribution in [0, 0.1) is 5.92 Å². The Kier molecular flexibility index (Phi) is 11.1. The van der Waals surface area contributed by atoms with E-state index in [9.17, 15) is 19.2 Å². The fourth-order valence-corrected chi connectivity index (χ4v) is 5.94. The van der Waals surface area contributed by atoms with Gasteiger partial charge in [-0.1, -0.05) is 13.8 Å². The molecule has 0 saturated heterocycles. The SMILES string of the molecule is CCCOc1ccc(C(=O)Oc2ccc(/C=N/NC(=O)C(=O)Nc3sc4c(c3C(=O)OCC)CCC(C)C4)cc2OC)cc1. The molecule has 1 atom stereocenters. The van der Waals surface area contributed by atoms with Gasteiger partial charge in [-0.05, 0) is 92.1 Å². The number of hydrogen-bond acceptors (Lipinski definition) is 10. The Morgan fingerprint density at radius 3 is 2.50 bits per heavy atom. The van der Waals surface area contributed by atoms with Crippen molar-refractivity contribution < 1.29 is 38.1 Å². The summed E-state index contributed by atoms with van der Waals surface area (Å²) in [4.78, 5) is 51.5. The monoisotopic (exact) mass is 621 g/mol. The van der Waals surface area contributed by atoms with E-state index < -0.39 is 23.8 Å². The summed E-state index contributed by atoms with van der Waals surface area (Å²) in [6.07, 6.45) is 4.61. The topological polar surface area (TPSA) is 142 Å². The summed E-state index contributed by atoms with van der Waals surface area (Å²) in [6.45, 7) is 6.63. The number of amides is 2. The van der Waals surface area contributed by atoms with E-state index in [1.807, 2.05) is 6.92 Å². The smallest absolute Gasteiger partial charge is 0.343 e. The highest BCUT2D eigenvalue weighted by Gasteiger charge is 2.30. The number of fused-ring (bicyclic) bond motifs is 1. The van der Waals surface area contributed by atoms with Crippen LogP contribution in [0.3, 0.4) is 0 Å². The number of rotatable bonds is 11. The van der Waals surface area contributed by atoms with Crippen LogP contribution in [-0.2, 0) is 27.2 Å². The zero-order valence-corrected chi connectivity index (χ0v) is 25.9. The largest absolute Gasteiger partial charge is 0.494 e. The van der Waals surface area contributed by atoms with E-state index >= 15 is 0 Å². The summed E-state index contributed by atoms with van der Waals surface area (Å²) in [6, 6.07) is 11.3. The summed E-state index contributed by atoms with van der Waals surface area (Å²) in [5.41, 5.74) is 4.22. The van der Waals surface area contributed by atoms with Crippen molar-refractivity contribution in [3.05, 3.63) is 69.6 Å². The maximum absolute atomic E-state index is 12.7. The average molecular weight is 622 g/mol. The molecule has 0 spiro atoms. The van der Waals surface area contributed by atoms with E-state index in [1.165, 1.54) is 30.7 Å². The van der Waals surface area contributed by atoms with E-state index in [2.05, 4.69) is 22.8 Å². The molecule has 1 heterocycles. The highest BCUT2D eigenvalue weighted by molar-refractivity contribution is 7.17. The predicted molar refractivity (Wildman–Crippen MR) is 166 cm³/mol. The molecule has 0 radical (unpaired) electrons. The minimum absolute atomic E-state index is 0.190. The lowest BCUT2D eigenvalue weighted by Crippen LogP contribution is -2.32. The molecule has 44 heavy (non-hydrogen) atoms. The Bertz CT molecular complexity index is 1550. The second kappa shape index (κ2) is 15.1. The third-order valence-corrected chi connectivity index (χ3v) is 7.93.